The number of ether oxygens (including phenoxy) is 1. The second kappa shape index (κ2) is 18.1. The molecule has 52 heavy (non-hydrogen) atoms. The lowest BCUT2D eigenvalue weighted by atomic mass is 9.99. The van der Waals surface area contributed by atoms with Crippen molar-refractivity contribution >= 4 is 34.7 Å². The van der Waals surface area contributed by atoms with Crippen LogP contribution in [0.25, 0.3) is 0 Å². The monoisotopic (exact) mass is 732 g/mol. The molecule has 13 heteroatoms. The van der Waals surface area contributed by atoms with Crippen LogP contribution in [0.3, 0.4) is 0 Å². The van der Waals surface area contributed by atoms with Gasteiger partial charge in [0.05, 0.1) is 23.8 Å². The van der Waals surface area contributed by atoms with Crippen LogP contribution in [-0.2, 0) is 27.2 Å². The number of amides is 3. The van der Waals surface area contributed by atoms with Crippen LogP contribution >= 0.6 is 0 Å². The number of epoxide rings is 1. The van der Waals surface area contributed by atoms with Crippen LogP contribution in [0.4, 0.5) is 5.69 Å². The highest BCUT2D eigenvalue weighted by atomic mass is 32.2. The standard InChI is InChI=1S/C39H52N6O6S/c1-6-40-39-35(51-39)33(24(2)3)44-38(48)34(28-17-18-28)41-23-31(19-26-13-9-7-10-14-26)43-37(47)30-20-29(21-32(22-30)45(5)52(49)50)36(46)42-25(4)27-15-11-8-12-16-27/h7-16,20-22,24-25,28,31,33-35,39-41H,6,17-19,23H2,1-5H3,(H,42,46)(H,43,47)(H,44,48)(H,49,50)/t25-,31+,33+,34+,35?,39?/m1/s1. The van der Waals surface area contributed by atoms with Crippen molar-refractivity contribution < 1.29 is 27.9 Å². The van der Waals surface area contributed by atoms with Crippen LogP contribution in [0.2, 0.25) is 0 Å². The van der Waals surface area contributed by atoms with E-state index in [9.17, 15) is 23.1 Å². The van der Waals surface area contributed by atoms with E-state index in [0.29, 0.717) is 13.0 Å². The molecule has 5 rings (SSSR count). The molecule has 0 spiro atoms. The zero-order valence-corrected chi connectivity index (χ0v) is 31.3. The predicted octanol–water partition coefficient (Wildman–Crippen LogP) is 3.94. The van der Waals surface area contributed by atoms with Crippen molar-refractivity contribution in [3.63, 3.8) is 0 Å². The summed E-state index contributed by atoms with van der Waals surface area (Å²) in [6, 6.07) is 22.4. The quantitative estimate of drug-likeness (QED) is 0.0798. The molecule has 12 nitrogen and oxygen atoms in total. The molecule has 280 valence electrons. The first-order valence-corrected chi connectivity index (χ1v) is 19.1. The molecule has 1 saturated heterocycles. The Morgan fingerprint density at radius 3 is 2.10 bits per heavy atom. The van der Waals surface area contributed by atoms with Gasteiger partial charge in [-0.1, -0.05) is 81.4 Å². The molecule has 1 heterocycles. The van der Waals surface area contributed by atoms with Gasteiger partial charge in [0.1, 0.15) is 12.3 Å². The molecule has 6 N–H and O–H groups in total. The number of carbonyl (C=O) groups excluding carboxylic acids is 3. The van der Waals surface area contributed by atoms with Gasteiger partial charge in [0.25, 0.3) is 23.1 Å². The number of carbonyl (C=O) groups is 3. The van der Waals surface area contributed by atoms with E-state index >= 15 is 0 Å². The van der Waals surface area contributed by atoms with Crippen molar-refractivity contribution in [1.29, 1.82) is 0 Å². The highest BCUT2D eigenvalue weighted by Crippen LogP contribution is 2.34. The molecule has 1 saturated carbocycles. The maximum absolute atomic E-state index is 14.0. The summed E-state index contributed by atoms with van der Waals surface area (Å²) in [6.45, 7) is 9.12. The van der Waals surface area contributed by atoms with E-state index in [0.717, 1.165) is 34.8 Å². The first-order valence-electron chi connectivity index (χ1n) is 18.1. The smallest absolute Gasteiger partial charge is 0.261 e. The highest BCUT2D eigenvalue weighted by molar-refractivity contribution is 7.80. The molecule has 0 bridgehead atoms. The summed E-state index contributed by atoms with van der Waals surface area (Å²) in [6.07, 6.45) is 2.21. The van der Waals surface area contributed by atoms with E-state index in [-0.39, 0.29) is 59.0 Å². The number of anilines is 1. The summed E-state index contributed by atoms with van der Waals surface area (Å²) >= 11 is -2.39. The molecule has 0 aromatic heterocycles. The number of nitrogens with zero attached hydrogens (tertiary/aromatic N) is 1. The van der Waals surface area contributed by atoms with Crippen LogP contribution in [0.15, 0.2) is 78.9 Å². The van der Waals surface area contributed by atoms with Gasteiger partial charge in [-0.05, 0) is 73.9 Å². The van der Waals surface area contributed by atoms with Gasteiger partial charge < -0.3 is 26.0 Å². The number of rotatable bonds is 19. The van der Waals surface area contributed by atoms with Gasteiger partial charge in [-0.3, -0.25) is 28.6 Å². The molecule has 1 aliphatic carbocycles. The third kappa shape index (κ3) is 10.7. The molecule has 3 aromatic carbocycles. The summed E-state index contributed by atoms with van der Waals surface area (Å²) in [4.78, 5) is 41.2. The van der Waals surface area contributed by atoms with Gasteiger partial charge in [-0.15, -0.1) is 0 Å². The molecule has 3 unspecified atom stereocenters. The maximum Gasteiger partial charge on any atom is 0.261 e. The Labute approximate surface area is 309 Å². The lowest BCUT2D eigenvalue weighted by molar-refractivity contribution is -0.124. The van der Waals surface area contributed by atoms with Crippen LogP contribution < -0.4 is 30.9 Å². The lowest BCUT2D eigenvalue weighted by Crippen LogP contribution is -2.55. The molecule has 3 aromatic rings. The largest absolute Gasteiger partial charge is 0.351 e. The van der Waals surface area contributed by atoms with Crippen LogP contribution in [0.5, 0.6) is 0 Å². The normalized spacial score (nSPS) is 19.5. The van der Waals surface area contributed by atoms with E-state index in [1.807, 2.05) is 74.5 Å². The number of benzene rings is 3. The Kier molecular flexibility index (Phi) is 13.6. The topological polar surface area (TPSA) is 164 Å². The fourth-order valence-electron chi connectivity index (χ4n) is 6.41. The van der Waals surface area contributed by atoms with Crippen LogP contribution in [0, 0.1) is 11.8 Å². The van der Waals surface area contributed by atoms with Gasteiger partial charge in [0, 0.05) is 30.8 Å². The van der Waals surface area contributed by atoms with E-state index in [2.05, 4.69) is 40.4 Å². The van der Waals surface area contributed by atoms with Gasteiger partial charge in [0.2, 0.25) is 5.91 Å². The first kappa shape index (κ1) is 39.1. The Hall–Kier alpha value is -4.14. The number of nitrogens with one attached hydrogen (secondary N) is 5. The zero-order chi connectivity index (χ0) is 37.4. The average molecular weight is 733 g/mol. The Balaban J connectivity index is 1.34. The molecule has 3 amide bonds. The number of likely N-dealkylation sites (N-methyl/N-ethyl adjacent to an activating group) is 1. The molecular formula is C39H52N6O6S. The minimum atomic E-state index is -2.39. The van der Waals surface area contributed by atoms with Crippen molar-refractivity contribution in [2.45, 2.75) is 83.5 Å². The lowest BCUT2D eigenvalue weighted by Gasteiger charge is -2.27. The van der Waals surface area contributed by atoms with E-state index in [1.54, 1.807) is 0 Å². The summed E-state index contributed by atoms with van der Waals surface area (Å²) in [5, 5.41) is 16.1. The van der Waals surface area contributed by atoms with E-state index in [1.165, 1.54) is 25.2 Å². The van der Waals surface area contributed by atoms with Crippen LogP contribution in [-0.4, -0.2) is 77.1 Å². The third-order valence-corrected chi connectivity index (χ3v) is 10.3. The molecule has 0 radical (unpaired) electrons. The van der Waals surface area contributed by atoms with E-state index in [4.69, 9.17) is 4.74 Å². The SMILES string of the molecule is CCNC1OC1[C@@H](NC(=O)[C@@H](NC[C@H](Cc1ccccc1)NC(=O)c1cc(C(=O)N[C@H](C)c2ccccc2)cc(N(C)S(=O)O)c1)C1CC1)C(C)C. The zero-order valence-electron chi connectivity index (χ0n) is 30.5. The molecule has 7 atom stereocenters. The summed E-state index contributed by atoms with van der Waals surface area (Å²) in [5.41, 5.74) is 2.46. The van der Waals surface area contributed by atoms with Gasteiger partial charge in [-0.2, -0.15) is 0 Å². The second-order valence-corrected chi connectivity index (χ2v) is 15.1. The molecule has 2 fully saturated rings. The molecule has 1 aliphatic heterocycles. The average Bonchev–Trinajstić information content (AvgIpc) is 4.08. The number of hydrogen-bond donors (Lipinski definition) is 6. The van der Waals surface area contributed by atoms with E-state index < -0.39 is 35.2 Å². The molecular weight excluding hydrogens is 681 g/mol. The fraction of sp³-hybridized carbons (Fsp3) is 0.462. The van der Waals surface area contributed by atoms with Crippen molar-refractivity contribution in [3.05, 3.63) is 101 Å². The summed E-state index contributed by atoms with van der Waals surface area (Å²) in [7, 11) is 1.41. The summed E-state index contributed by atoms with van der Waals surface area (Å²) in [5.74, 6) is -0.603. The van der Waals surface area contributed by atoms with Gasteiger partial charge in [-0.25, -0.2) is 4.21 Å². The first-order chi connectivity index (χ1) is 24.9. The number of hydrogen-bond acceptors (Lipinski definition) is 7. The summed E-state index contributed by atoms with van der Waals surface area (Å²) < 4.78 is 28.8. The minimum Gasteiger partial charge on any atom is -0.351 e. The van der Waals surface area contributed by atoms with Crippen molar-refractivity contribution in [3.8, 4) is 0 Å². The predicted molar refractivity (Wildman–Crippen MR) is 203 cm³/mol. The second-order valence-electron chi connectivity index (χ2n) is 14.0. The Morgan fingerprint density at radius 1 is 0.904 bits per heavy atom. The van der Waals surface area contributed by atoms with Crippen molar-refractivity contribution in [2.24, 2.45) is 11.8 Å². The van der Waals surface area contributed by atoms with Gasteiger partial charge in [0.15, 0.2) is 0 Å². The van der Waals surface area contributed by atoms with Gasteiger partial charge >= 0.3 is 0 Å². The van der Waals surface area contributed by atoms with Crippen LogP contribution in [0.1, 0.15) is 78.4 Å². The Morgan fingerprint density at radius 2 is 1.52 bits per heavy atom. The third-order valence-electron chi connectivity index (χ3n) is 9.62. The fourth-order valence-corrected chi connectivity index (χ4v) is 6.69. The Bertz CT molecular complexity index is 1690. The highest BCUT2D eigenvalue weighted by Gasteiger charge is 2.47. The minimum absolute atomic E-state index is 0.0648. The maximum atomic E-state index is 14.0. The van der Waals surface area contributed by atoms with Crippen molar-refractivity contribution in [2.75, 3.05) is 24.4 Å². The molecule has 2 aliphatic rings. The van der Waals surface area contributed by atoms with Crippen molar-refractivity contribution in [1.82, 2.24) is 26.6 Å².